The monoisotopic (exact) mass is 486 g/mol. The lowest BCUT2D eigenvalue weighted by Gasteiger charge is -2.14. The molecule has 0 heterocycles. The van der Waals surface area contributed by atoms with Crippen LogP contribution in [0.15, 0.2) is 59.5 Å². The van der Waals surface area contributed by atoms with Gasteiger partial charge in [0.25, 0.3) is 15.9 Å². The summed E-state index contributed by atoms with van der Waals surface area (Å²) in [5.41, 5.74) is 1.90. The van der Waals surface area contributed by atoms with Crippen molar-refractivity contribution in [2.45, 2.75) is 11.8 Å². The predicted octanol–water partition coefficient (Wildman–Crippen LogP) is 4.08. The Labute approximate surface area is 198 Å². The van der Waals surface area contributed by atoms with Crippen molar-refractivity contribution in [1.29, 1.82) is 0 Å². The Morgan fingerprint density at radius 2 is 1.35 bits per heavy atom. The van der Waals surface area contributed by atoms with E-state index >= 15 is 0 Å². The van der Waals surface area contributed by atoms with Crippen LogP contribution in [0, 0.1) is 6.92 Å². The minimum Gasteiger partial charge on any atom is -0.495 e. The van der Waals surface area contributed by atoms with Gasteiger partial charge in [0.05, 0.1) is 39.0 Å². The van der Waals surface area contributed by atoms with Crippen molar-refractivity contribution >= 4 is 27.3 Å². The summed E-state index contributed by atoms with van der Waals surface area (Å²) in [6, 6.07) is 14.0. The van der Waals surface area contributed by atoms with Gasteiger partial charge in [-0.1, -0.05) is 6.07 Å². The zero-order valence-corrected chi connectivity index (χ0v) is 20.3. The van der Waals surface area contributed by atoms with Crippen LogP contribution in [-0.2, 0) is 10.0 Å². The fourth-order valence-electron chi connectivity index (χ4n) is 3.24. The first kappa shape index (κ1) is 24.7. The predicted molar refractivity (Wildman–Crippen MR) is 129 cm³/mol. The summed E-state index contributed by atoms with van der Waals surface area (Å²) in [5, 5.41) is 2.73. The number of ether oxygens (including phenoxy) is 4. The molecule has 0 radical (unpaired) electrons. The smallest absolute Gasteiger partial charge is 0.262 e. The van der Waals surface area contributed by atoms with E-state index in [1.54, 1.807) is 12.1 Å². The molecule has 0 aliphatic heterocycles. The third kappa shape index (κ3) is 5.34. The molecule has 0 atom stereocenters. The lowest BCUT2D eigenvalue weighted by molar-refractivity contribution is 0.102. The number of carbonyl (C=O) groups excluding carboxylic acids is 1. The highest BCUT2D eigenvalue weighted by Crippen LogP contribution is 2.38. The highest BCUT2D eigenvalue weighted by Gasteiger charge is 2.19. The van der Waals surface area contributed by atoms with Crippen molar-refractivity contribution in [1.82, 2.24) is 0 Å². The topological polar surface area (TPSA) is 112 Å². The average molecular weight is 487 g/mol. The van der Waals surface area contributed by atoms with Crippen LogP contribution in [0.1, 0.15) is 15.9 Å². The Morgan fingerprint density at radius 3 is 1.88 bits per heavy atom. The molecule has 0 saturated carbocycles. The molecule has 3 aromatic carbocycles. The Bertz CT molecular complexity index is 1260. The molecule has 0 fully saturated rings. The van der Waals surface area contributed by atoms with E-state index in [4.69, 9.17) is 18.9 Å². The van der Waals surface area contributed by atoms with Crippen LogP contribution in [0.2, 0.25) is 0 Å². The standard InChI is InChI=1S/C24H26N2O7S/c1-15-6-11-20(30-2)19(12-15)26-34(28,29)18-9-7-17(8-10-18)25-24(27)16-13-21(31-3)23(33-5)22(14-16)32-4/h6-14,26H,1-5H3,(H,25,27). The third-order valence-corrected chi connectivity index (χ3v) is 6.33. The molecule has 0 aromatic heterocycles. The Hall–Kier alpha value is -3.92. The second-order valence-corrected chi connectivity index (χ2v) is 8.88. The van der Waals surface area contributed by atoms with Gasteiger partial charge < -0.3 is 24.3 Å². The van der Waals surface area contributed by atoms with Crippen LogP contribution >= 0.6 is 0 Å². The number of hydrogen-bond donors (Lipinski definition) is 2. The van der Waals surface area contributed by atoms with Gasteiger partial charge in [-0.2, -0.15) is 0 Å². The summed E-state index contributed by atoms with van der Waals surface area (Å²) in [5.74, 6) is 1.02. The number of methoxy groups -OCH3 is 4. The number of anilines is 2. The van der Waals surface area contributed by atoms with E-state index in [-0.39, 0.29) is 10.5 Å². The maximum Gasteiger partial charge on any atom is 0.262 e. The van der Waals surface area contributed by atoms with Crippen molar-refractivity contribution in [2.24, 2.45) is 0 Å². The molecule has 2 N–H and O–H groups in total. The number of sulfonamides is 1. The molecule has 0 aliphatic carbocycles. The van der Waals surface area contributed by atoms with E-state index in [0.717, 1.165) is 5.56 Å². The molecule has 9 nitrogen and oxygen atoms in total. The van der Waals surface area contributed by atoms with Gasteiger partial charge in [0.1, 0.15) is 5.75 Å². The molecule has 1 amide bonds. The van der Waals surface area contributed by atoms with E-state index in [1.165, 1.54) is 64.8 Å². The van der Waals surface area contributed by atoms with Gasteiger partial charge in [-0.25, -0.2) is 8.42 Å². The maximum absolute atomic E-state index is 12.8. The Balaban J connectivity index is 1.80. The van der Waals surface area contributed by atoms with Crippen molar-refractivity contribution in [3.05, 3.63) is 65.7 Å². The van der Waals surface area contributed by atoms with E-state index < -0.39 is 15.9 Å². The highest BCUT2D eigenvalue weighted by atomic mass is 32.2. The molecular formula is C24H26N2O7S. The third-order valence-electron chi connectivity index (χ3n) is 4.95. The van der Waals surface area contributed by atoms with Crippen molar-refractivity contribution in [2.75, 3.05) is 38.5 Å². The van der Waals surface area contributed by atoms with Crippen molar-refractivity contribution in [3.63, 3.8) is 0 Å². The van der Waals surface area contributed by atoms with Gasteiger partial charge in [-0.15, -0.1) is 0 Å². The fourth-order valence-corrected chi connectivity index (χ4v) is 4.30. The van der Waals surface area contributed by atoms with Gasteiger partial charge in [0.2, 0.25) is 5.75 Å². The number of carbonyl (C=O) groups is 1. The van der Waals surface area contributed by atoms with Crippen LogP contribution < -0.4 is 29.0 Å². The average Bonchev–Trinajstić information content (AvgIpc) is 2.83. The molecule has 0 unspecified atom stereocenters. The molecule has 34 heavy (non-hydrogen) atoms. The van der Waals surface area contributed by atoms with Crippen molar-refractivity contribution in [3.8, 4) is 23.0 Å². The second kappa shape index (κ2) is 10.3. The SMILES string of the molecule is COc1ccc(C)cc1NS(=O)(=O)c1ccc(NC(=O)c2cc(OC)c(OC)c(OC)c2)cc1. The van der Waals surface area contributed by atoms with Gasteiger partial charge >= 0.3 is 0 Å². The minimum absolute atomic E-state index is 0.0295. The summed E-state index contributed by atoms with van der Waals surface area (Å²) < 4.78 is 49.3. The number of benzene rings is 3. The molecule has 10 heteroatoms. The fraction of sp³-hybridized carbons (Fsp3) is 0.208. The van der Waals surface area contributed by atoms with Crippen LogP contribution in [0.5, 0.6) is 23.0 Å². The van der Waals surface area contributed by atoms with Gasteiger partial charge in [0, 0.05) is 11.3 Å². The minimum atomic E-state index is -3.88. The number of rotatable bonds is 9. The summed E-state index contributed by atoms with van der Waals surface area (Å²) in [6.45, 7) is 1.85. The van der Waals surface area contributed by atoms with E-state index in [1.807, 2.05) is 13.0 Å². The van der Waals surface area contributed by atoms with Gasteiger partial charge in [0.15, 0.2) is 11.5 Å². The van der Waals surface area contributed by atoms with Crippen molar-refractivity contribution < 1.29 is 32.2 Å². The first-order valence-electron chi connectivity index (χ1n) is 10.1. The first-order valence-corrected chi connectivity index (χ1v) is 11.6. The molecule has 0 aliphatic rings. The molecule has 0 bridgehead atoms. The first-order chi connectivity index (χ1) is 16.2. The number of hydrogen-bond acceptors (Lipinski definition) is 7. The Morgan fingerprint density at radius 1 is 0.765 bits per heavy atom. The second-order valence-electron chi connectivity index (χ2n) is 7.20. The zero-order chi connectivity index (χ0) is 24.9. The summed E-state index contributed by atoms with van der Waals surface area (Å²) in [4.78, 5) is 12.8. The highest BCUT2D eigenvalue weighted by molar-refractivity contribution is 7.92. The van der Waals surface area contributed by atoms with Crippen LogP contribution in [0.25, 0.3) is 0 Å². The quantitative estimate of drug-likeness (QED) is 0.469. The molecule has 0 spiro atoms. The van der Waals surface area contributed by atoms with Gasteiger partial charge in [-0.05, 0) is 61.0 Å². The van der Waals surface area contributed by atoms with E-state index in [9.17, 15) is 13.2 Å². The molecular weight excluding hydrogens is 460 g/mol. The number of aryl methyl sites for hydroxylation is 1. The van der Waals surface area contributed by atoms with Crippen LogP contribution in [-0.4, -0.2) is 42.8 Å². The van der Waals surface area contributed by atoms with E-state index in [2.05, 4.69) is 10.0 Å². The summed E-state index contributed by atoms with van der Waals surface area (Å²) in [6.07, 6.45) is 0. The molecule has 180 valence electrons. The van der Waals surface area contributed by atoms with Crippen LogP contribution in [0.4, 0.5) is 11.4 Å². The maximum atomic E-state index is 12.8. The Kier molecular flexibility index (Phi) is 7.52. The van der Waals surface area contributed by atoms with Gasteiger partial charge in [-0.3, -0.25) is 9.52 Å². The summed E-state index contributed by atoms with van der Waals surface area (Å²) >= 11 is 0. The normalized spacial score (nSPS) is 10.9. The lowest BCUT2D eigenvalue weighted by atomic mass is 10.1. The molecule has 3 rings (SSSR count). The lowest BCUT2D eigenvalue weighted by Crippen LogP contribution is -2.15. The number of nitrogens with one attached hydrogen (secondary N) is 2. The largest absolute Gasteiger partial charge is 0.495 e. The van der Waals surface area contributed by atoms with E-state index in [0.29, 0.717) is 34.4 Å². The zero-order valence-electron chi connectivity index (χ0n) is 19.5. The molecule has 3 aromatic rings. The molecule has 0 saturated heterocycles. The number of amides is 1. The van der Waals surface area contributed by atoms with Crippen LogP contribution in [0.3, 0.4) is 0 Å². The summed E-state index contributed by atoms with van der Waals surface area (Å²) in [7, 11) is 1.98.